The number of carboxylic acid groups (broad SMARTS) is 1. The van der Waals surface area contributed by atoms with E-state index >= 15 is 0 Å². The van der Waals surface area contributed by atoms with Crippen LogP contribution >= 0.6 is 0 Å². The SMILES string of the molecule is CCCCCCC=CC(CCC(C)C(=O)C(=O)O)C(C)CCCCCCCCC. The van der Waals surface area contributed by atoms with Gasteiger partial charge in [-0.25, -0.2) is 4.79 Å². The van der Waals surface area contributed by atoms with Crippen molar-refractivity contribution in [3.05, 3.63) is 12.2 Å². The fourth-order valence-corrected chi connectivity index (χ4v) is 3.95. The van der Waals surface area contributed by atoms with Crippen molar-refractivity contribution in [3.8, 4) is 0 Å². The van der Waals surface area contributed by atoms with Crippen molar-refractivity contribution in [2.45, 2.75) is 124 Å². The number of ketones is 1. The van der Waals surface area contributed by atoms with Crippen LogP contribution < -0.4 is 0 Å². The van der Waals surface area contributed by atoms with Crippen molar-refractivity contribution in [1.82, 2.24) is 0 Å². The van der Waals surface area contributed by atoms with Gasteiger partial charge in [-0.2, -0.15) is 0 Å². The number of carboxylic acids is 1. The van der Waals surface area contributed by atoms with Gasteiger partial charge >= 0.3 is 5.97 Å². The maximum atomic E-state index is 11.7. The summed E-state index contributed by atoms with van der Waals surface area (Å²) >= 11 is 0. The first-order valence-electron chi connectivity index (χ1n) is 12.4. The summed E-state index contributed by atoms with van der Waals surface area (Å²) in [4.78, 5) is 22.6. The van der Waals surface area contributed by atoms with Gasteiger partial charge in [-0.1, -0.05) is 110 Å². The van der Waals surface area contributed by atoms with E-state index in [-0.39, 0.29) is 0 Å². The quantitative estimate of drug-likeness (QED) is 0.126. The van der Waals surface area contributed by atoms with Crippen LogP contribution in [0.3, 0.4) is 0 Å². The molecular formula is C26H48O3. The summed E-state index contributed by atoms with van der Waals surface area (Å²) < 4.78 is 0. The van der Waals surface area contributed by atoms with Crippen molar-refractivity contribution in [2.24, 2.45) is 17.8 Å². The summed E-state index contributed by atoms with van der Waals surface area (Å²) in [5.41, 5.74) is 0. The predicted octanol–water partition coefficient (Wildman–Crippen LogP) is 7.98. The minimum Gasteiger partial charge on any atom is -0.475 e. The molecule has 0 aliphatic rings. The number of carbonyl (C=O) groups is 2. The first-order valence-corrected chi connectivity index (χ1v) is 12.4. The molecule has 0 aromatic carbocycles. The molecule has 0 aromatic rings. The van der Waals surface area contributed by atoms with Crippen molar-refractivity contribution >= 4 is 11.8 Å². The van der Waals surface area contributed by atoms with E-state index in [0.29, 0.717) is 18.3 Å². The molecule has 0 amide bonds. The monoisotopic (exact) mass is 408 g/mol. The minimum atomic E-state index is -1.29. The molecule has 0 rings (SSSR count). The maximum absolute atomic E-state index is 11.7. The van der Waals surface area contributed by atoms with E-state index in [2.05, 4.69) is 32.9 Å². The maximum Gasteiger partial charge on any atom is 0.372 e. The smallest absolute Gasteiger partial charge is 0.372 e. The van der Waals surface area contributed by atoms with E-state index in [4.69, 9.17) is 5.11 Å². The van der Waals surface area contributed by atoms with E-state index in [1.165, 1.54) is 77.0 Å². The molecule has 3 nitrogen and oxygen atoms in total. The van der Waals surface area contributed by atoms with Gasteiger partial charge in [0.2, 0.25) is 5.78 Å². The van der Waals surface area contributed by atoms with Gasteiger partial charge < -0.3 is 5.11 Å². The Morgan fingerprint density at radius 3 is 1.90 bits per heavy atom. The Labute approximate surface area is 180 Å². The minimum absolute atomic E-state index is 0.390. The van der Waals surface area contributed by atoms with Crippen molar-refractivity contribution in [1.29, 1.82) is 0 Å². The average molecular weight is 409 g/mol. The van der Waals surface area contributed by atoms with Gasteiger partial charge in [-0.05, 0) is 37.5 Å². The number of hydrogen-bond acceptors (Lipinski definition) is 2. The molecule has 0 fully saturated rings. The van der Waals surface area contributed by atoms with Crippen LogP contribution in [-0.4, -0.2) is 16.9 Å². The zero-order valence-corrected chi connectivity index (χ0v) is 19.8. The molecule has 0 aliphatic heterocycles. The largest absolute Gasteiger partial charge is 0.475 e. The third kappa shape index (κ3) is 15.4. The van der Waals surface area contributed by atoms with Crippen LogP contribution in [0.5, 0.6) is 0 Å². The normalized spacial score (nSPS) is 14.8. The lowest BCUT2D eigenvalue weighted by Crippen LogP contribution is -2.22. The van der Waals surface area contributed by atoms with E-state index in [9.17, 15) is 9.59 Å². The van der Waals surface area contributed by atoms with Crippen LogP contribution in [0.2, 0.25) is 0 Å². The molecule has 3 heteroatoms. The standard InChI is InChI=1S/C26H48O3/c1-5-7-9-11-13-14-16-18-22(3)24(19-17-15-12-10-8-6-2)21-20-23(4)25(27)26(28)29/h17,19,22-24H,5-16,18,20-21H2,1-4H3,(H,28,29). The molecule has 0 heterocycles. The van der Waals surface area contributed by atoms with Gasteiger partial charge in [0.15, 0.2) is 0 Å². The van der Waals surface area contributed by atoms with Crippen molar-refractivity contribution < 1.29 is 14.7 Å². The summed E-state index contributed by atoms with van der Waals surface area (Å²) in [6.07, 6.45) is 23.0. The van der Waals surface area contributed by atoms with E-state index in [1.807, 2.05) is 0 Å². The third-order valence-corrected chi connectivity index (χ3v) is 6.19. The Balaban J connectivity index is 4.45. The first-order chi connectivity index (χ1) is 13.9. The van der Waals surface area contributed by atoms with Gasteiger partial charge in [0, 0.05) is 5.92 Å². The van der Waals surface area contributed by atoms with Crippen LogP contribution in [0.25, 0.3) is 0 Å². The molecule has 0 aliphatic carbocycles. The fourth-order valence-electron chi connectivity index (χ4n) is 3.95. The number of unbranched alkanes of at least 4 members (excludes halogenated alkanes) is 10. The molecule has 170 valence electrons. The number of Topliss-reactive ketones (excluding diaryl/α,β-unsaturated/α-hetero) is 1. The lowest BCUT2D eigenvalue weighted by Gasteiger charge is -2.22. The molecule has 0 saturated carbocycles. The molecule has 29 heavy (non-hydrogen) atoms. The summed E-state index contributed by atoms with van der Waals surface area (Å²) in [5, 5.41) is 8.93. The first kappa shape index (κ1) is 27.9. The summed E-state index contributed by atoms with van der Waals surface area (Å²) in [5.74, 6) is -1.29. The number of rotatable bonds is 20. The van der Waals surface area contributed by atoms with E-state index in [1.54, 1.807) is 6.92 Å². The van der Waals surface area contributed by atoms with Crippen molar-refractivity contribution in [3.63, 3.8) is 0 Å². The highest BCUT2D eigenvalue weighted by molar-refractivity contribution is 6.33. The Morgan fingerprint density at radius 2 is 1.31 bits per heavy atom. The Hall–Kier alpha value is -1.12. The zero-order chi connectivity index (χ0) is 21.9. The Morgan fingerprint density at radius 1 is 0.759 bits per heavy atom. The summed E-state index contributed by atoms with van der Waals surface area (Å²) in [6, 6.07) is 0. The number of allylic oxidation sites excluding steroid dienone is 2. The highest BCUT2D eigenvalue weighted by Gasteiger charge is 2.22. The predicted molar refractivity (Wildman–Crippen MR) is 124 cm³/mol. The van der Waals surface area contributed by atoms with Gasteiger partial charge in [-0.3, -0.25) is 4.79 Å². The second-order valence-corrected chi connectivity index (χ2v) is 8.98. The summed E-state index contributed by atoms with van der Waals surface area (Å²) in [6.45, 7) is 8.57. The zero-order valence-electron chi connectivity index (χ0n) is 19.8. The number of carbonyl (C=O) groups excluding carboxylic acids is 1. The summed E-state index contributed by atoms with van der Waals surface area (Å²) in [7, 11) is 0. The van der Waals surface area contributed by atoms with Gasteiger partial charge in [-0.15, -0.1) is 0 Å². The Bertz CT molecular complexity index is 441. The van der Waals surface area contributed by atoms with Gasteiger partial charge in [0.05, 0.1) is 0 Å². The lowest BCUT2D eigenvalue weighted by molar-refractivity contribution is -0.150. The molecule has 0 spiro atoms. The molecule has 0 radical (unpaired) electrons. The van der Waals surface area contributed by atoms with Crippen LogP contribution in [0.4, 0.5) is 0 Å². The highest BCUT2D eigenvalue weighted by Crippen LogP contribution is 2.27. The number of hydrogen-bond donors (Lipinski definition) is 1. The molecular weight excluding hydrogens is 360 g/mol. The third-order valence-electron chi connectivity index (χ3n) is 6.19. The van der Waals surface area contributed by atoms with Gasteiger partial charge in [0.1, 0.15) is 0 Å². The van der Waals surface area contributed by atoms with Crippen LogP contribution in [0.1, 0.15) is 124 Å². The molecule has 3 atom stereocenters. The van der Waals surface area contributed by atoms with Crippen LogP contribution in [0.15, 0.2) is 12.2 Å². The fraction of sp³-hybridized carbons (Fsp3) is 0.846. The lowest BCUT2D eigenvalue weighted by atomic mass is 9.83. The topological polar surface area (TPSA) is 54.4 Å². The molecule has 0 bridgehead atoms. The molecule has 1 N–H and O–H groups in total. The van der Waals surface area contributed by atoms with Gasteiger partial charge in [0.25, 0.3) is 0 Å². The molecule has 3 unspecified atom stereocenters. The molecule has 0 saturated heterocycles. The highest BCUT2D eigenvalue weighted by atomic mass is 16.4. The van der Waals surface area contributed by atoms with E-state index < -0.39 is 17.7 Å². The number of aliphatic carboxylic acids is 1. The van der Waals surface area contributed by atoms with Crippen LogP contribution in [-0.2, 0) is 9.59 Å². The molecule has 0 aromatic heterocycles. The van der Waals surface area contributed by atoms with E-state index in [0.717, 1.165) is 12.8 Å². The van der Waals surface area contributed by atoms with Crippen molar-refractivity contribution in [2.75, 3.05) is 0 Å². The van der Waals surface area contributed by atoms with Crippen LogP contribution in [0, 0.1) is 17.8 Å². The second-order valence-electron chi connectivity index (χ2n) is 8.98. The average Bonchev–Trinajstić information content (AvgIpc) is 2.70. The Kier molecular flexibility index (Phi) is 18.2. The second kappa shape index (κ2) is 18.9.